The molecule has 112 valence electrons. The van der Waals surface area contributed by atoms with E-state index in [-0.39, 0.29) is 0 Å². The molecule has 0 radical (unpaired) electrons. The van der Waals surface area contributed by atoms with Crippen LogP contribution in [0.4, 0.5) is 0 Å². The lowest BCUT2D eigenvalue weighted by atomic mass is 9.97. The molecule has 1 N–H and O–H groups in total. The molecule has 1 aromatic heterocycles. The SMILES string of the molecule is C=C(C)[C@@H](O)[C@@H](OC)c1c(OC)ccc2ccc(=O)oc12. The summed E-state index contributed by atoms with van der Waals surface area (Å²) in [5, 5.41) is 11.0. The number of benzene rings is 1. The van der Waals surface area contributed by atoms with Crippen molar-refractivity contribution in [1.82, 2.24) is 0 Å². The molecule has 0 unspecified atom stereocenters. The Kier molecular flexibility index (Phi) is 4.45. The molecule has 1 aromatic carbocycles. The topological polar surface area (TPSA) is 68.9 Å². The van der Waals surface area contributed by atoms with Crippen LogP contribution in [0.1, 0.15) is 18.6 Å². The minimum Gasteiger partial charge on any atom is -0.496 e. The predicted molar refractivity (Wildman–Crippen MR) is 79.6 cm³/mol. The smallest absolute Gasteiger partial charge is 0.336 e. The van der Waals surface area contributed by atoms with Crippen LogP contribution in [0.3, 0.4) is 0 Å². The van der Waals surface area contributed by atoms with Crippen LogP contribution < -0.4 is 10.4 Å². The quantitative estimate of drug-likeness (QED) is 0.676. The van der Waals surface area contributed by atoms with Crippen molar-refractivity contribution >= 4 is 11.0 Å². The summed E-state index contributed by atoms with van der Waals surface area (Å²) in [6, 6.07) is 6.52. The number of aliphatic hydroxyl groups excluding tert-OH is 1. The summed E-state index contributed by atoms with van der Waals surface area (Å²) in [5.74, 6) is 0.476. The Balaban J connectivity index is 2.76. The molecule has 1 heterocycles. The van der Waals surface area contributed by atoms with E-state index in [9.17, 15) is 9.90 Å². The molecule has 0 saturated carbocycles. The van der Waals surface area contributed by atoms with Crippen molar-refractivity contribution in [1.29, 1.82) is 0 Å². The van der Waals surface area contributed by atoms with E-state index in [1.165, 1.54) is 20.3 Å². The van der Waals surface area contributed by atoms with Gasteiger partial charge in [-0.2, -0.15) is 0 Å². The molecule has 5 nitrogen and oxygen atoms in total. The van der Waals surface area contributed by atoms with Gasteiger partial charge < -0.3 is 19.0 Å². The lowest BCUT2D eigenvalue weighted by molar-refractivity contribution is 0.00452. The van der Waals surface area contributed by atoms with Gasteiger partial charge in [-0.1, -0.05) is 6.58 Å². The van der Waals surface area contributed by atoms with Gasteiger partial charge in [0.05, 0.1) is 12.7 Å². The first-order valence-electron chi connectivity index (χ1n) is 6.46. The number of methoxy groups -OCH3 is 2. The number of aliphatic hydroxyl groups is 1. The minimum absolute atomic E-state index is 0.342. The van der Waals surface area contributed by atoms with Crippen LogP contribution in [0.2, 0.25) is 0 Å². The summed E-state index contributed by atoms with van der Waals surface area (Å²) in [5.41, 5.74) is 0.899. The predicted octanol–water partition coefficient (Wildman–Crippen LogP) is 2.43. The molecule has 0 bridgehead atoms. The highest BCUT2D eigenvalue weighted by Gasteiger charge is 2.28. The highest BCUT2D eigenvalue weighted by molar-refractivity contribution is 5.82. The second-order valence-electron chi connectivity index (χ2n) is 4.80. The molecular formula is C16H18O5. The Labute approximate surface area is 122 Å². The molecule has 0 spiro atoms. The van der Waals surface area contributed by atoms with E-state index in [1.807, 2.05) is 0 Å². The minimum atomic E-state index is -0.944. The van der Waals surface area contributed by atoms with E-state index < -0.39 is 17.8 Å². The normalized spacial score (nSPS) is 13.9. The van der Waals surface area contributed by atoms with Crippen molar-refractivity contribution in [3.8, 4) is 5.75 Å². The summed E-state index contributed by atoms with van der Waals surface area (Å²) < 4.78 is 16.0. The van der Waals surface area contributed by atoms with Gasteiger partial charge in [0.15, 0.2) is 0 Å². The Bertz CT molecular complexity index is 716. The lowest BCUT2D eigenvalue weighted by Gasteiger charge is -2.24. The monoisotopic (exact) mass is 290 g/mol. The first kappa shape index (κ1) is 15.3. The van der Waals surface area contributed by atoms with E-state index in [0.717, 1.165) is 5.39 Å². The van der Waals surface area contributed by atoms with E-state index in [2.05, 4.69) is 6.58 Å². The Morgan fingerprint density at radius 2 is 1.95 bits per heavy atom. The summed E-state index contributed by atoms with van der Waals surface area (Å²) in [6.45, 7) is 5.44. The van der Waals surface area contributed by atoms with E-state index >= 15 is 0 Å². The Hall–Kier alpha value is -2.11. The lowest BCUT2D eigenvalue weighted by Crippen LogP contribution is -2.22. The van der Waals surface area contributed by atoms with Crippen LogP contribution in [0.5, 0.6) is 5.75 Å². The maximum atomic E-state index is 11.5. The number of fused-ring (bicyclic) bond motifs is 1. The van der Waals surface area contributed by atoms with Crippen LogP contribution in [0.15, 0.2) is 45.6 Å². The van der Waals surface area contributed by atoms with Crippen LogP contribution in [-0.4, -0.2) is 25.4 Å². The molecule has 0 aliphatic carbocycles. The first-order chi connectivity index (χ1) is 9.99. The zero-order chi connectivity index (χ0) is 15.6. The van der Waals surface area contributed by atoms with Gasteiger partial charge in [-0.05, 0) is 30.7 Å². The highest BCUT2D eigenvalue weighted by atomic mass is 16.5. The highest BCUT2D eigenvalue weighted by Crippen LogP contribution is 2.37. The van der Waals surface area contributed by atoms with Crippen LogP contribution >= 0.6 is 0 Å². The molecule has 0 aliphatic heterocycles. The molecule has 0 aliphatic rings. The van der Waals surface area contributed by atoms with Crippen molar-refractivity contribution < 1.29 is 19.0 Å². The molecule has 0 fully saturated rings. The molecular weight excluding hydrogens is 272 g/mol. The molecule has 21 heavy (non-hydrogen) atoms. The largest absolute Gasteiger partial charge is 0.496 e. The molecule has 2 aromatic rings. The van der Waals surface area contributed by atoms with Crippen molar-refractivity contribution in [2.45, 2.75) is 19.1 Å². The molecule has 2 atom stereocenters. The Morgan fingerprint density at radius 1 is 1.29 bits per heavy atom. The average molecular weight is 290 g/mol. The van der Waals surface area contributed by atoms with Gasteiger partial charge in [-0.25, -0.2) is 4.79 Å². The maximum absolute atomic E-state index is 11.5. The number of hydrogen-bond acceptors (Lipinski definition) is 5. The van der Waals surface area contributed by atoms with Gasteiger partial charge in [-0.15, -0.1) is 0 Å². The van der Waals surface area contributed by atoms with Crippen LogP contribution in [-0.2, 0) is 4.74 Å². The Morgan fingerprint density at radius 3 is 2.52 bits per heavy atom. The number of hydrogen-bond donors (Lipinski definition) is 1. The molecule has 2 rings (SSSR count). The van der Waals surface area contributed by atoms with Gasteiger partial charge in [-0.3, -0.25) is 0 Å². The first-order valence-corrected chi connectivity index (χ1v) is 6.46. The van der Waals surface area contributed by atoms with Crippen molar-refractivity contribution in [3.05, 3.63) is 52.4 Å². The van der Waals surface area contributed by atoms with Crippen molar-refractivity contribution in [2.24, 2.45) is 0 Å². The standard InChI is InChI=1S/C16H18O5/c1-9(2)14(18)16(20-4)13-11(19-3)7-5-10-6-8-12(17)21-15(10)13/h5-8,14,16,18H,1H2,2-4H3/t14-,16+/m1/s1. The third-order valence-electron chi connectivity index (χ3n) is 3.34. The van der Waals surface area contributed by atoms with Crippen LogP contribution in [0, 0.1) is 0 Å². The fourth-order valence-electron chi connectivity index (χ4n) is 2.25. The summed E-state index contributed by atoms with van der Waals surface area (Å²) in [7, 11) is 2.97. The fourth-order valence-corrected chi connectivity index (χ4v) is 2.25. The van der Waals surface area contributed by atoms with Gasteiger partial charge in [0.2, 0.25) is 0 Å². The fraction of sp³-hybridized carbons (Fsp3) is 0.312. The van der Waals surface area contributed by atoms with E-state index in [4.69, 9.17) is 13.9 Å². The zero-order valence-corrected chi connectivity index (χ0v) is 12.3. The van der Waals surface area contributed by atoms with Gasteiger partial charge in [0.1, 0.15) is 23.5 Å². The average Bonchev–Trinajstić information content (AvgIpc) is 2.47. The summed E-state index contributed by atoms with van der Waals surface area (Å²) in [6.07, 6.45) is -1.69. The van der Waals surface area contributed by atoms with Gasteiger partial charge in [0.25, 0.3) is 0 Å². The molecule has 0 saturated heterocycles. The van der Waals surface area contributed by atoms with E-state index in [1.54, 1.807) is 25.1 Å². The summed E-state index contributed by atoms with van der Waals surface area (Å²) >= 11 is 0. The van der Waals surface area contributed by atoms with Crippen molar-refractivity contribution in [3.63, 3.8) is 0 Å². The van der Waals surface area contributed by atoms with E-state index in [0.29, 0.717) is 22.5 Å². The maximum Gasteiger partial charge on any atom is 0.336 e. The van der Waals surface area contributed by atoms with Crippen molar-refractivity contribution in [2.75, 3.05) is 14.2 Å². The number of ether oxygens (including phenoxy) is 2. The second-order valence-corrected chi connectivity index (χ2v) is 4.80. The summed E-state index contributed by atoms with van der Waals surface area (Å²) in [4.78, 5) is 11.5. The second kappa shape index (κ2) is 6.11. The van der Waals surface area contributed by atoms with Gasteiger partial charge >= 0.3 is 5.63 Å². The molecule has 5 heteroatoms. The van der Waals surface area contributed by atoms with Gasteiger partial charge in [0, 0.05) is 18.6 Å². The molecule has 0 amide bonds. The van der Waals surface area contributed by atoms with Crippen LogP contribution in [0.25, 0.3) is 11.0 Å². The zero-order valence-electron chi connectivity index (χ0n) is 12.3. The number of rotatable bonds is 5. The third-order valence-corrected chi connectivity index (χ3v) is 3.34. The third kappa shape index (κ3) is 2.84.